The summed E-state index contributed by atoms with van der Waals surface area (Å²) in [6, 6.07) is 21.5. The van der Waals surface area contributed by atoms with Gasteiger partial charge in [-0.15, -0.1) is 0 Å². The van der Waals surface area contributed by atoms with Gasteiger partial charge >= 0.3 is 18.2 Å². The lowest BCUT2D eigenvalue weighted by atomic mass is 10.0. The van der Waals surface area contributed by atoms with Crippen LogP contribution >= 0.6 is 0 Å². The number of hydrogen-bond acceptors (Lipinski definition) is 5. The van der Waals surface area contributed by atoms with Crippen molar-refractivity contribution in [3.05, 3.63) is 108 Å². The number of aromatic nitrogens is 1. The Labute approximate surface area is 227 Å². The molecule has 8 nitrogen and oxygen atoms in total. The highest BCUT2D eigenvalue weighted by atomic mass is 19.4. The molecule has 2 unspecified atom stereocenters. The van der Waals surface area contributed by atoms with Crippen molar-refractivity contribution in [2.75, 3.05) is 29.2 Å². The van der Waals surface area contributed by atoms with Gasteiger partial charge in [0, 0.05) is 29.5 Å². The summed E-state index contributed by atoms with van der Waals surface area (Å²) in [6.07, 6.45) is -1.01. The predicted octanol–water partition coefficient (Wildman–Crippen LogP) is 6.40. The van der Waals surface area contributed by atoms with Gasteiger partial charge < -0.3 is 29.6 Å². The number of benzene rings is 3. The van der Waals surface area contributed by atoms with Crippen molar-refractivity contribution in [3.63, 3.8) is 0 Å². The molecule has 206 valence electrons. The molecule has 5 rings (SSSR count). The summed E-state index contributed by atoms with van der Waals surface area (Å²) < 4.78 is 51.9. The molecule has 1 aromatic heterocycles. The van der Waals surface area contributed by atoms with Crippen LogP contribution in [-0.2, 0) is 10.9 Å². The smallest absolute Gasteiger partial charge is 0.416 e. The molecule has 11 heteroatoms. The Hall–Kier alpha value is -4.93. The zero-order valence-electron chi connectivity index (χ0n) is 21.3. The first-order valence-corrected chi connectivity index (χ1v) is 12.3. The quantitative estimate of drug-likeness (QED) is 0.260. The highest BCUT2D eigenvalue weighted by molar-refractivity contribution is 5.99. The molecule has 1 aliphatic rings. The van der Waals surface area contributed by atoms with E-state index in [0.29, 0.717) is 23.5 Å². The van der Waals surface area contributed by atoms with Gasteiger partial charge in [0.25, 0.3) is 0 Å². The first-order valence-electron chi connectivity index (χ1n) is 12.3. The molecule has 3 aromatic carbocycles. The summed E-state index contributed by atoms with van der Waals surface area (Å²) in [7, 11) is 1.34. The maximum absolute atomic E-state index is 12.9. The number of halogens is 3. The SMILES string of the molecule is COC(=O)c1cccc(N2CC(Oc3ccc(NC(=O)Nc4cccc(C(F)(F)F)c4)cc3)C2n2cccc2)c1. The van der Waals surface area contributed by atoms with Crippen LogP contribution in [0.5, 0.6) is 5.75 Å². The lowest BCUT2D eigenvalue weighted by Crippen LogP contribution is -2.58. The van der Waals surface area contributed by atoms with Crippen LogP contribution in [0.1, 0.15) is 22.1 Å². The van der Waals surface area contributed by atoms with Crippen LogP contribution in [0.3, 0.4) is 0 Å². The van der Waals surface area contributed by atoms with Gasteiger partial charge in [0.2, 0.25) is 0 Å². The zero-order valence-corrected chi connectivity index (χ0v) is 21.3. The van der Waals surface area contributed by atoms with Gasteiger partial charge in [0.05, 0.1) is 24.8 Å². The fraction of sp³-hybridized carbons (Fsp3) is 0.172. The third-order valence-electron chi connectivity index (χ3n) is 6.41. The molecule has 2 N–H and O–H groups in total. The van der Waals surface area contributed by atoms with Gasteiger partial charge in [-0.1, -0.05) is 12.1 Å². The number of nitrogens with zero attached hydrogens (tertiary/aromatic N) is 2. The lowest BCUT2D eigenvalue weighted by molar-refractivity contribution is -0.137. The first-order chi connectivity index (χ1) is 19.2. The number of hydrogen-bond donors (Lipinski definition) is 2. The molecule has 0 spiro atoms. The third-order valence-corrected chi connectivity index (χ3v) is 6.41. The van der Waals surface area contributed by atoms with Crippen molar-refractivity contribution in [2.45, 2.75) is 18.4 Å². The van der Waals surface area contributed by atoms with Gasteiger partial charge in [-0.25, -0.2) is 9.59 Å². The number of alkyl halides is 3. The summed E-state index contributed by atoms with van der Waals surface area (Å²) in [5.41, 5.74) is 0.919. The van der Waals surface area contributed by atoms with E-state index in [0.717, 1.165) is 17.8 Å². The predicted molar refractivity (Wildman–Crippen MR) is 144 cm³/mol. The van der Waals surface area contributed by atoms with E-state index in [4.69, 9.17) is 9.47 Å². The number of ether oxygens (including phenoxy) is 2. The van der Waals surface area contributed by atoms with Crippen LogP contribution in [0.25, 0.3) is 0 Å². The van der Waals surface area contributed by atoms with Gasteiger partial charge in [-0.05, 0) is 72.8 Å². The summed E-state index contributed by atoms with van der Waals surface area (Å²) in [6.45, 7) is 0.562. The third kappa shape index (κ3) is 5.88. The molecule has 1 aliphatic heterocycles. The van der Waals surface area contributed by atoms with Gasteiger partial charge in [0.15, 0.2) is 6.10 Å². The van der Waals surface area contributed by atoms with Crippen molar-refractivity contribution >= 4 is 29.1 Å². The molecule has 1 fully saturated rings. The Morgan fingerprint density at radius 2 is 1.57 bits per heavy atom. The minimum atomic E-state index is -4.51. The molecular formula is C29H25F3N4O4. The standard InChI is InChI=1S/C29H25F3N4O4/c1-39-27(37)19-6-4-9-23(16-19)36-18-25(26(36)35-14-2-3-15-35)40-24-12-10-21(11-13-24)33-28(38)34-22-8-5-7-20(17-22)29(30,31)32/h2-17,25-26H,18H2,1H3,(H2,33,34,38). The largest absolute Gasteiger partial charge is 0.484 e. The van der Waals surface area contributed by atoms with Crippen molar-refractivity contribution in [1.82, 2.24) is 4.57 Å². The van der Waals surface area contributed by atoms with Crippen LogP contribution in [0.4, 0.5) is 35.0 Å². The molecule has 4 aromatic rings. The highest BCUT2D eigenvalue weighted by Crippen LogP contribution is 2.37. The number of amides is 2. The minimum Gasteiger partial charge on any atom is -0.484 e. The van der Waals surface area contributed by atoms with Crippen molar-refractivity contribution in [1.29, 1.82) is 0 Å². The summed E-state index contributed by atoms with van der Waals surface area (Å²) in [5.74, 6) is 0.166. The van der Waals surface area contributed by atoms with Crippen LogP contribution in [0, 0.1) is 0 Å². The number of carbonyl (C=O) groups excluding carboxylic acids is 2. The zero-order chi connectivity index (χ0) is 28.3. The van der Waals surface area contributed by atoms with Crippen molar-refractivity contribution < 1.29 is 32.2 Å². The average Bonchev–Trinajstić information content (AvgIpc) is 3.44. The topological polar surface area (TPSA) is 84.8 Å². The molecule has 2 amide bonds. The van der Waals surface area contributed by atoms with Gasteiger partial charge in [-0.3, -0.25) is 0 Å². The van der Waals surface area contributed by atoms with E-state index in [1.165, 1.54) is 19.2 Å². The number of esters is 1. The molecule has 0 aliphatic carbocycles. The van der Waals surface area contributed by atoms with E-state index < -0.39 is 23.7 Å². The Bertz CT molecular complexity index is 1490. The van der Waals surface area contributed by atoms with E-state index in [1.807, 2.05) is 35.2 Å². The number of nitrogens with one attached hydrogen (secondary N) is 2. The monoisotopic (exact) mass is 550 g/mol. The highest BCUT2D eigenvalue weighted by Gasteiger charge is 2.42. The van der Waals surface area contributed by atoms with E-state index in [-0.39, 0.29) is 18.0 Å². The second kappa shape index (κ2) is 11.0. The van der Waals surface area contributed by atoms with Crippen LogP contribution in [0.15, 0.2) is 97.3 Å². The normalized spacial score (nSPS) is 16.6. The maximum Gasteiger partial charge on any atom is 0.416 e. The Balaban J connectivity index is 1.23. The number of urea groups is 1. The Kier molecular flexibility index (Phi) is 7.37. The molecule has 0 radical (unpaired) electrons. The van der Waals surface area contributed by atoms with Crippen molar-refractivity contribution in [2.24, 2.45) is 0 Å². The van der Waals surface area contributed by atoms with Crippen LogP contribution in [-0.4, -0.2) is 36.3 Å². The Morgan fingerprint density at radius 3 is 2.27 bits per heavy atom. The van der Waals surface area contributed by atoms with E-state index in [9.17, 15) is 22.8 Å². The van der Waals surface area contributed by atoms with E-state index in [2.05, 4.69) is 15.5 Å². The van der Waals surface area contributed by atoms with Gasteiger partial charge in [0.1, 0.15) is 11.9 Å². The van der Waals surface area contributed by atoms with E-state index >= 15 is 0 Å². The number of carbonyl (C=O) groups is 2. The fourth-order valence-corrected chi connectivity index (χ4v) is 4.48. The fourth-order valence-electron chi connectivity index (χ4n) is 4.48. The Morgan fingerprint density at radius 1 is 0.875 bits per heavy atom. The van der Waals surface area contributed by atoms with Crippen LogP contribution in [0.2, 0.25) is 0 Å². The van der Waals surface area contributed by atoms with E-state index in [1.54, 1.807) is 42.5 Å². The van der Waals surface area contributed by atoms with Crippen molar-refractivity contribution in [3.8, 4) is 5.75 Å². The molecule has 1 saturated heterocycles. The first kappa shape index (κ1) is 26.7. The molecule has 2 heterocycles. The summed E-state index contributed by atoms with van der Waals surface area (Å²) in [4.78, 5) is 26.4. The van der Waals surface area contributed by atoms with Crippen LogP contribution < -0.4 is 20.3 Å². The van der Waals surface area contributed by atoms with Gasteiger partial charge in [-0.2, -0.15) is 13.2 Å². The second-order valence-electron chi connectivity index (χ2n) is 9.08. The average molecular weight is 551 g/mol. The molecular weight excluding hydrogens is 525 g/mol. The molecule has 40 heavy (non-hydrogen) atoms. The molecule has 0 saturated carbocycles. The number of methoxy groups -OCH3 is 1. The number of rotatable bonds is 7. The lowest BCUT2D eigenvalue weighted by Gasteiger charge is -2.49. The second-order valence-corrected chi connectivity index (χ2v) is 9.08. The minimum absolute atomic E-state index is 0.0231. The maximum atomic E-state index is 12.9. The summed E-state index contributed by atoms with van der Waals surface area (Å²) >= 11 is 0. The molecule has 2 atom stereocenters. The summed E-state index contributed by atoms with van der Waals surface area (Å²) in [5, 5.41) is 5.00. The molecule has 0 bridgehead atoms. The number of anilines is 3.